The van der Waals surface area contributed by atoms with Gasteiger partial charge in [0.05, 0.1) is 11.7 Å². The smallest absolute Gasteiger partial charge is 0.278 e. The Morgan fingerprint density at radius 1 is 1.11 bits per heavy atom. The molecule has 2 amide bonds. The Labute approximate surface area is 157 Å². The third kappa shape index (κ3) is 4.00. The molecule has 3 N–H and O–H groups in total. The molecular formula is C19H24N6O2. The standard InChI is InChI=1S/C19H24N6O2/c1-12-17(23-24-25(12)16-7-9-20-10-8-16)19(27)22-15-4-2-3-14(11-15)21-18(26)13-5-6-13/h2-4,11,13,16,20H,5-10H2,1H3,(H,21,26)(H,22,27). The highest BCUT2D eigenvalue weighted by molar-refractivity contribution is 6.04. The molecule has 0 spiro atoms. The van der Waals surface area contributed by atoms with Gasteiger partial charge in [0.15, 0.2) is 5.69 Å². The fraction of sp³-hybridized carbons (Fsp3) is 0.474. The van der Waals surface area contributed by atoms with Gasteiger partial charge < -0.3 is 16.0 Å². The number of nitrogens with zero attached hydrogens (tertiary/aromatic N) is 3. The number of benzene rings is 1. The zero-order valence-corrected chi connectivity index (χ0v) is 15.4. The second-order valence-corrected chi connectivity index (χ2v) is 7.25. The van der Waals surface area contributed by atoms with Crippen LogP contribution in [0.2, 0.25) is 0 Å². The Hall–Kier alpha value is -2.74. The molecule has 0 radical (unpaired) electrons. The summed E-state index contributed by atoms with van der Waals surface area (Å²) in [6, 6.07) is 7.44. The van der Waals surface area contributed by atoms with Crippen LogP contribution in [0.1, 0.15) is 47.9 Å². The summed E-state index contributed by atoms with van der Waals surface area (Å²) in [5, 5.41) is 17.4. The molecule has 1 aliphatic carbocycles. The quantitative estimate of drug-likeness (QED) is 0.750. The van der Waals surface area contributed by atoms with Gasteiger partial charge in [0.1, 0.15) is 0 Å². The van der Waals surface area contributed by atoms with Gasteiger partial charge in [-0.2, -0.15) is 0 Å². The summed E-state index contributed by atoms with van der Waals surface area (Å²) in [6.45, 7) is 3.78. The number of hydrogen-bond acceptors (Lipinski definition) is 5. The van der Waals surface area contributed by atoms with Crippen molar-refractivity contribution < 1.29 is 9.59 Å². The number of anilines is 2. The van der Waals surface area contributed by atoms with E-state index in [0.29, 0.717) is 17.1 Å². The van der Waals surface area contributed by atoms with Gasteiger partial charge in [-0.25, -0.2) is 4.68 Å². The molecule has 0 unspecified atom stereocenters. The SMILES string of the molecule is Cc1c(C(=O)Nc2cccc(NC(=O)C3CC3)c2)nnn1C1CCNCC1. The lowest BCUT2D eigenvalue weighted by atomic mass is 10.1. The zero-order valence-electron chi connectivity index (χ0n) is 15.4. The molecule has 1 aromatic heterocycles. The largest absolute Gasteiger partial charge is 0.326 e. The Morgan fingerprint density at radius 2 is 1.81 bits per heavy atom. The van der Waals surface area contributed by atoms with Crippen molar-refractivity contribution in [2.75, 3.05) is 23.7 Å². The highest BCUT2D eigenvalue weighted by atomic mass is 16.2. The maximum atomic E-state index is 12.7. The van der Waals surface area contributed by atoms with Gasteiger partial charge >= 0.3 is 0 Å². The molecule has 8 nitrogen and oxygen atoms in total. The minimum absolute atomic E-state index is 0.0410. The third-order valence-corrected chi connectivity index (χ3v) is 5.13. The highest BCUT2D eigenvalue weighted by Gasteiger charge is 2.29. The lowest BCUT2D eigenvalue weighted by molar-refractivity contribution is -0.117. The van der Waals surface area contributed by atoms with Crippen LogP contribution in [0.25, 0.3) is 0 Å². The summed E-state index contributed by atoms with van der Waals surface area (Å²) in [5.74, 6) is -0.117. The van der Waals surface area contributed by atoms with Crippen LogP contribution in [0, 0.1) is 12.8 Å². The normalized spacial score (nSPS) is 17.5. The van der Waals surface area contributed by atoms with Crippen molar-refractivity contribution in [3.8, 4) is 0 Å². The molecule has 2 aliphatic rings. The fourth-order valence-electron chi connectivity index (χ4n) is 3.40. The second-order valence-electron chi connectivity index (χ2n) is 7.25. The molecule has 4 rings (SSSR count). The van der Waals surface area contributed by atoms with E-state index in [0.717, 1.165) is 44.5 Å². The molecule has 2 aromatic rings. The van der Waals surface area contributed by atoms with Crippen molar-refractivity contribution in [3.05, 3.63) is 35.7 Å². The van der Waals surface area contributed by atoms with E-state index in [9.17, 15) is 9.59 Å². The topological polar surface area (TPSA) is 101 Å². The van der Waals surface area contributed by atoms with Crippen molar-refractivity contribution in [2.45, 2.75) is 38.6 Å². The Morgan fingerprint density at radius 3 is 2.52 bits per heavy atom. The van der Waals surface area contributed by atoms with Crippen LogP contribution in [0.5, 0.6) is 0 Å². The molecule has 8 heteroatoms. The van der Waals surface area contributed by atoms with Gasteiger partial charge in [0, 0.05) is 17.3 Å². The molecule has 1 saturated heterocycles. The van der Waals surface area contributed by atoms with Crippen LogP contribution < -0.4 is 16.0 Å². The van der Waals surface area contributed by atoms with E-state index in [1.54, 1.807) is 18.2 Å². The zero-order chi connectivity index (χ0) is 18.8. The van der Waals surface area contributed by atoms with Crippen molar-refractivity contribution in [2.24, 2.45) is 5.92 Å². The minimum atomic E-state index is -0.293. The van der Waals surface area contributed by atoms with Gasteiger partial charge in [-0.3, -0.25) is 9.59 Å². The van der Waals surface area contributed by atoms with Crippen LogP contribution in [0.3, 0.4) is 0 Å². The Bertz CT molecular complexity index is 852. The van der Waals surface area contributed by atoms with E-state index in [1.165, 1.54) is 0 Å². The van der Waals surface area contributed by atoms with Crippen LogP contribution in [0.4, 0.5) is 11.4 Å². The van der Waals surface area contributed by atoms with Crippen molar-refractivity contribution in [1.29, 1.82) is 0 Å². The molecule has 0 atom stereocenters. The number of rotatable bonds is 5. The molecule has 2 fully saturated rings. The molecular weight excluding hydrogens is 344 g/mol. The first-order valence-corrected chi connectivity index (χ1v) is 9.46. The average molecular weight is 368 g/mol. The Balaban J connectivity index is 1.44. The van der Waals surface area contributed by atoms with Gasteiger partial charge in [0.2, 0.25) is 5.91 Å². The number of carbonyl (C=O) groups excluding carboxylic acids is 2. The number of nitrogens with one attached hydrogen (secondary N) is 3. The first-order chi connectivity index (χ1) is 13.1. The van der Waals surface area contributed by atoms with E-state index in [4.69, 9.17) is 0 Å². The van der Waals surface area contributed by atoms with E-state index in [1.807, 2.05) is 17.7 Å². The molecule has 1 aromatic carbocycles. The van der Waals surface area contributed by atoms with Crippen molar-refractivity contribution >= 4 is 23.2 Å². The summed E-state index contributed by atoms with van der Waals surface area (Å²) >= 11 is 0. The minimum Gasteiger partial charge on any atom is -0.326 e. The predicted octanol–water partition coefficient (Wildman–Crippen LogP) is 2.11. The summed E-state index contributed by atoms with van der Waals surface area (Å²) in [5.41, 5.74) is 2.41. The fourth-order valence-corrected chi connectivity index (χ4v) is 3.40. The van der Waals surface area contributed by atoms with Crippen LogP contribution >= 0.6 is 0 Å². The van der Waals surface area contributed by atoms with Crippen molar-refractivity contribution in [3.63, 3.8) is 0 Å². The van der Waals surface area contributed by atoms with Crippen molar-refractivity contribution in [1.82, 2.24) is 20.3 Å². The van der Waals surface area contributed by atoms with E-state index in [2.05, 4.69) is 26.3 Å². The summed E-state index contributed by atoms with van der Waals surface area (Å²) in [4.78, 5) is 24.6. The van der Waals surface area contributed by atoms with Crippen LogP contribution in [0.15, 0.2) is 24.3 Å². The maximum Gasteiger partial charge on any atom is 0.278 e. The van der Waals surface area contributed by atoms with Gasteiger partial charge in [-0.1, -0.05) is 11.3 Å². The molecule has 142 valence electrons. The van der Waals surface area contributed by atoms with Crippen LogP contribution in [-0.4, -0.2) is 39.9 Å². The number of aromatic nitrogens is 3. The first kappa shape index (κ1) is 17.7. The third-order valence-electron chi connectivity index (χ3n) is 5.13. The number of piperidine rings is 1. The Kier molecular flexibility index (Phi) is 4.89. The van der Waals surface area contributed by atoms with E-state index < -0.39 is 0 Å². The summed E-state index contributed by atoms with van der Waals surface area (Å²) < 4.78 is 1.86. The lowest BCUT2D eigenvalue weighted by Crippen LogP contribution is -2.30. The monoisotopic (exact) mass is 368 g/mol. The molecule has 1 saturated carbocycles. The highest BCUT2D eigenvalue weighted by Crippen LogP contribution is 2.30. The first-order valence-electron chi connectivity index (χ1n) is 9.46. The maximum absolute atomic E-state index is 12.7. The van der Waals surface area contributed by atoms with Gasteiger partial charge in [0.25, 0.3) is 5.91 Å². The molecule has 1 aliphatic heterocycles. The lowest BCUT2D eigenvalue weighted by Gasteiger charge is -2.23. The predicted molar refractivity (Wildman–Crippen MR) is 102 cm³/mol. The average Bonchev–Trinajstić information content (AvgIpc) is 3.45. The summed E-state index contributed by atoms with van der Waals surface area (Å²) in [7, 11) is 0. The second kappa shape index (κ2) is 7.48. The van der Waals surface area contributed by atoms with E-state index >= 15 is 0 Å². The van der Waals surface area contributed by atoms with Gasteiger partial charge in [-0.05, 0) is 63.9 Å². The number of hydrogen-bond donors (Lipinski definition) is 3. The van der Waals surface area contributed by atoms with E-state index in [-0.39, 0.29) is 23.8 Å². The van der Waals surface area contributed by atoms with Gasteiger partial charge in [-0.15, -0.1) is 5.10 Å². The van der Waals surface area contributed by atoms with Crippen LogP contribution in [-0.2, 0) is 4.79 Å². The summed E-state index contributed by atoms with van der Waals surface area (Å²) in [6.07, 6.45) is 3.87. The number of carbonyl (C=O) groups is 2. The molecule has 0 bridgehead atoms. The number of amides is 2. The molecule has 2 heterocycles. The molecule has 27 heavy (non-hydrogen) atoms.